The highest BCUT2D eigenvalue weighted by Gasteiger charge is 2.33. The van der Waals surface area contributed by atoms with Gasteiger partial charge in [0.2, 0.25) is 0 Å². The molecule has 1 rings (SSSR count). The van der Waals surface area contributed by atoms with Crippen LogP contribution >= 0.6 is 0 Å². The lowest BCUT2D eigenvalue weighted by molar-refractivity contribution is -0.136. The van der Waals surface area contributed by atoms with E-state index in [1.807, 2.05) is 6.92 Å². The largest absolute Gasteiger partial charge is 0.418 e. The molecule has 0 saturated heterocycles. The van der Waals surface area contributed by atoms with Gasteiger partial charge in [-0.15, -0.1) is 0 Å². The number of benzene rings is 1. The second-order valence-corrected chi connectivity index (χ2v) is 4.81. The highest BCUT2D eigenvalue weighted by atomic mass is 19.4. The Labute approximate surface area is 112 Å². The molecule has 0 heterocycles. The van der Waals surface area contributed by atoms with Gasteiger partial charge < -0.3 is 11.1 Å². The van der Waals surface area contributed by atoms with E-state index in [9.17, 15) is 13.2 Å². The average Bonchev–Trinajstić information content (AvgIpc) is 2.31. The number of nitrogens with two attached hydrogens (primary N) is 1. The molecule has 1 atom stereocenters. The van der Waals surface area contributed by atoms with Crippen molar-refractivity contribution in [3.05, 3.63) is 23.8 Å². The molecule has 2 nitrogen and oxygen atoms in total. The van der Waals surface area contributed by atoms with Crippen molar-refractivity contribution in [1.82, 2.24) is 0 Å². The van der Waals surface area contributed by atoms with Gasteiger partial charge in [0.25, 0.3) is 0 Å². The summed E-state index contributed by atoms with van der Waals surface area (Å²) in [6, 6.07) is 4.09. The van der Waals surface area contributed by atoms with Crippen LogP contribution in [0.1, 0.15) is 39.2 Å². The van der Waals surface area contributed by atoms with Crippen LogP contribution in [0, 0.1) is 5.92 Å². The van der Waals surface area contributed by atoms with Crippen LogP contribution in [0.3, 0.4) is 0 Å². The van der Waals surface area contributed by atoms with Gasteiger partial charge in [0, 0.05) is 17.4 Å². The summed E-state index contributed by atoms with van der Waals surface area (Å²) in [6.07, 6.45) is -2.43. The molecule has 1 unspecified atom stereocenters. The van der Waals surface area contributed by atoms with Crippen molar-refractivity contribution in [3.8, 4) is 0 Å². The van der Waals surface area contributed by atoms with E-state index in [0.29, 0.717) is 11.6 Å². The summed E-state index contributed by atoms with van der Waals surface area (Å²) in [6.45, 7) is 6.15. The summed E-state index contributed by atoms with van der Waals surface area (Å²) in [4.78, 5) is 0. The van der Waals surface area contributed by atoms with Crippen molar-refractivity contribution < 1.29 is 13.2 Å². The first-order valence-electron chi connectivity index (χ1n) is 6.52. The van der Waals surface area contributed by atoms with E-state index in [-0.39, 0.29) is 11.7 Å². The van der Waals surface area contributed by atoms with Gasteiger partial charge in [-0.25, -0.2) is 0 Å². The van der Waals surface area contributed by atoms with Gasteiger partial charge in [0.1, 0.15) is 0 Å². The predicted octanol–water partition coefficient (Wildman–Crippen LogP) is 4.52. The standard InChI is InChI=1S/C14H21F3N2/c1-4-10(5-2)9(3)19-11-6-7-13(18)12(8-11)14(15,16)17/h6-10,19H,4-5,18H2,1-3H3. The number of anilines is 2. The Hall–Kier alpha value is -1.39. The third-order valence-electron chi connectivity index (χ3n) is 3.51. The van der Waals surface area contributed by atoms with Gasteiger partial charge in [-0.1, -0.05) is 26.7 Å². The number of rotatable bonds is 5. The number of nitrogen functional groups attached to an aromatic ring is 1. The van der Waals surface area contributed by atoms with Gasteiger partial charge in [0.15, 0.2) is 0 Å². The smallest absolute Gasteiger partial charge is 0.398 e. The summed E-state index contributed by atoms with van der Waals surface area (Å²) in [5.74, 6) is 0.437. The molecule has 0 amide bonds. The summed E-state index contributed by atoms with van der Waals surface area (Å²) >= 11 is 0. The predicted molar refractivity (Wildman–Crippen MR) is 73.0 cm³/mol. The average molecular weight is 274 g/mol. The molecule has 0 saturated carbocycles. The molecule has 0 aromatic heterocycles. The molecule has 0 spiro atoms. The van der Waals surface area contributed by atoms with Crippen LogP contribution in [0.25, 0.3) is 0 Å². The zero-order valence-electron chi connectivity index (χ0n) is 11.5. The Kier molecular flexibility index (Phi) is 5.09. The lowest BCUT2D eigenvalue weighted by Crippen LogP contribution is -2.25. The molecule has 5 heteroatoms. The Morgan fingerprint density at radius 2 is 1.79 bits per heavy atom. The molecule has 0 aliphatic carbocycles. The maximum absolute atomic E-state index is 12.7. The van der Waals surface area contributed by atoms with E-state index in [1.165, 1.54) is 6.07 Å². The Morgan fingerprint density at radius 3 is 2.26 bits per heavy atom. The van der Waals surface area contributed by atoms with Crippen molar-refractivity contribution in [2.45, 2.75) is 45.8 Å². The highest BCUT2D eigenvalue weighted by Crippen LogP contribution is 2.35. The van der Waals surface area contributed by atoms with Gasteiger partial charge >= 0.3 is 6.18 Å². The Morgan fingerprint density at radius 1 is 1.21 bits per heavy atom. The minimum Gasteiger partial charge on any atom is -0.398 e. The lowest BCUT2D eigenvalue weighted by atomic mass is 9.95. The first-order chi connectivity index (χ1) is 8.79. The summed E-state index contributed by atoms with van der Waals surface area (Å²) in [5, 5.41) is 3.13. The van der Waals surface area contributed by atoms with Gasteiger partial charge in [0.05, 0.1) is 5.56 Å². The first-order valence-corrected chi connectivity index (χ1v) is 6.52. The molecule has 1 aromatic carbocycles. The summed E-state index contributed by atoms with van der Waals surface area (Å²) in [5.41, 5.74) is 4.80. The fraction of sp³-hybridized carbons (Fsp3) is 0.571. The number of halogens is 3. The van der Waals surface area contributed by atoms with Crippen LogP contribution in [0.5, 0.6) is 0 Å². The third-order valence-corrected chi connectivity index (χ3v) is 3.51. The molecular weight excluding hydrogens is 253 g/mol. The molecular formula is C14H21F3N2. The first kappa shape index (κ1) is 15.7. The van der Waals surface area contributed by atoms with Crippen LogP contribution in [0.15, 0.2) is 18.2 Å². The Balaban J connectivity index is 2.91. The molecule has 0 radical (unpaired) electrons. The normalized spacial score (nSPS) is 13.6. The Bertz CT molecular complexity index is 412. The monoisotopic (exact) mass is 274 g/mol. The van der Waals surface area contributed by atoms with Crippen LogP contribution in [-0.2, 0) is 6.18 Å². The molecule has 0 fully saturated rings. The molecule has 0 aliphatic heterocycles. The van der Waals surface area contributed by atoms with E-state index in [0.717, 1.165) is 18.9 Å². The van der Waals surface area contributed by atoms with Crippen LogP contribution in [-0.4, -0.2) is 6.04 Å². The van der Waals surface area contributed by atoms with E-state index in [1.54, 1.807) is 6.07 Å². The zero-order valence-corrected chi connectivity index (χ0v) is 11.5. The quantitative estimate of drug-likeness (QED) is 0.774. The van der Waals surface area contributed by atoms with Crippen LogP contribution < -0.4 is 11.1 Å². The number of hydrogen-bond donors (Lipinski definition) is 2. The summed E-state index contributed by atoms with van der Waals surface area (Å²) < 4.78 is 38.2. The second-order valence-electron chi connectivity index (χ2n) is 4.81. The van der Waals surface area contributed by atoms with Gasteiger partial charge in [-0.3, -0.25) is 0 Å². The van der Waals surface area contributed by atoms with E-state index in [2.05, 4.69) is 19.2 Å². The fourth-order valence-corrected chi connectivity index (χ4v) is 2.27. The highest BCUT2D eigenvalue weighted by molar-refractivity contribution is 5.58. The van der Waals surface area contributed by atoms with E-state index in [4.69, 9.17) is 5.73 Å². The van der Waals surface area contributed by atoms with Crippen molar-refractivity contribution >= 4 is 11.4 Å². The molecule has 108 valence electrons. The third kappa shape index (κ3) is 4.04. The van der Waals surface area contributed by atoms with Crippen molar-refractivity contribution in [3.63, 3.8) is 0 Å². The topological polar surface area (TPSA) is 38.0 Å². The molecule has 3 N–H and O–H groups in total. The maximum atomic E-state index is 12.7. The van der Waals surface area contributed by atoms with E-state index >= 15 is 0 Å². The lowest BCUT2D eigenvalue weighted by Gasteiger charge is -2.24. The molecule has 0 bridgehead atoms. The minimum atomic E-state index is -4.42. The number of nitrogens with one attached hydrogen (secondary N) is 1. The summed E-state index contributed by atoms with van der Waals surface area (Å²) in [7, 11) is 0. The minimum absolute atomic E-state index is 0.125. The fourth-order valence-electron chi connectivity index (χ4n) is 2.27. The second kappa shape index (κ2) is 6.17. The zero-order chi connectivity index (χ0) is 14.6. The van der Waals surface area contributed by atoms with Gasteiger partial charge in [-0.2, -0.15) is 13.2 Å². The van der Waals surface area contributed by atoms with Crippen molar-refractivity contribution in [2.24, 2.45) is 5.92 Å². The number of alkyl halides is 3. The van der Waals surface area contributed by atoms with Crippen LogP contribution in [0.4, 0.5) is 24.5 Å². The van der Waals surface area contributed by atoms with E-state index < -0.39 is 11.7 Å². The molecule has 0 aliphatic rings. The SMILES string of the molecule is CCC(CC)C(C)Nc1ccc(N)c(C(F)(F)F)c1. The van der Waals surface area contributed by atoms with Crippen LogP contribution in [0.2, 0.25) is 0 Å². The molecule has 1 aromatic rings. The maximum Gasteiger partial charge on any atom is 0.418 e. The van der Waals surface area contributed by atoms with Gasteiger partial charge in [-0.05, 0) is 31.0 Å². The number of hydrogen-bond acceptors (Lipinski definition) is 2. The molecule has 19 heavy (non-hydrogen) atoms. The van der Waals surface area contributed by atoms with Crippen molar-refractivity contribution in [1.29, 1.82) is 0 Å². The van der Waals surface area contributed by atoms with Crippen molar-refractivity contribution in [2.75, 3.05) is 11.1 Å².